The van der Waals surface area contributed by atoms with Crippen molar-refractivity contribution in [1.29, 1.82) is 0 Å². The zero-order valence-electron chi connectivity index (χ0n) is 22.8. The van der Waals surface area contributed by atoms with E-state index in [1.165, 1.54) is 0 Å². The second-order valence-corrected chi connectivity index (χ2v) is 14.1. The lowest BCUT2D eigenvalue weighted by Gasteiger charge is -2.62. The lowest BCUT2D eigenvalue weighted by Crippen LogP contribution is -2.66. The largest absolute Gasteiger partial charge is 0.455 e. The van der Waals surface area contributed by atoms with Crippen LogP contribution >= 0.6 is 0 Å². The Morgan fingerprint density at radius 2 is 1.24 bits per heavy atom. The summed E-state index contributed by atoms with van der Waals surface area (Å²) in [6, 6.07) is 27.8. The molecule has 4 saturated carbocycles. The third-order valence-electron chi connectivity index (χ3n) is 9.34. The van der Waals surface area contributed by atoms with Gasteiger partial charge in [0, 0.05) is 17.9 Å². The summed E-state index contributed by atoms with van der Waals surface area (Å²) < 4.78 is 74.1. The highest BCUT2D eigenvalue weighted by atomic mass is 32.2. The summed E-state index contributed by atoms with van der Waals surface area (Å²) in [6.07, 6.45) is 2.55. The third kappa shape index (κ3) is 4.64. The van der Waals surface area contributed by atoms with Crippen LogP contribution in [-0.2, 0) is 25.1 Å². The predicted octanol–water partition coefficient (Wildman–Crippen LogP) is 7.53. The second kappa shape index (κ2) is 10.1. The molecule has 1 spiro atoms. The highest BCUT2D eigenvalue weighted by Gasteiger charge is 2.69. The molecule has 5 fully saturated rings. The zero-order chi connectivity index (χ0) is 29.2. The van der Waals surface area contributed by atoms with Crippen LogP contribution in [0.2, 0.25) is 0 Å². The predicted molar refractivity (Wildman–Crippen MR) is 148 cm³/mol. The van der Waals surface area contributed by atoms with Crippen LogP contribution in [0.25, 0.3) is 0 Å². The highest BCUT2D eigenvalue weighted by molar-refractivity contribution is 7.97. The number of alkyl halides is 4. The Morgan fingerprint density at radius 3 is 1.79 bits per heavy atom. The van der Waals surface area contributed by atoms with Crippen LogP contribution in [0.15, 0.2) is 99.6 Å². The van der Waals surface area contributed by atoms with Gasteiger partial charge in [-0.15, -0.1) is 0 Å². The first-order chi connectivity index (χ1) is 20.1. The van der Waals surface area contributed by atoms with Crippen molar-refractivity contribution in [1.82, 2.24) is 0 Å². The van der Waals surface area contributed by atoms with E-state index in [0.717, 1.165) is 14.7 Å². The molecule has 2 unspecified atom stereocenters. The normalized spacial score (nSPS) is 30.3. The molecule has 1 saturated heterocycles. The first-order valence-corrected chi connectivity index (χ1v) is 15.5. The van der Waals surface area contributed by atoms with Gasteiger partial charge in [-0.25, -0.2) is 4.79 Å². The number of ether oxygens (including phenoxy) is 3. The maximum atomic E-state index is 14.2. The van der Waals surface area contributed by atoms with Gasteiger partial charge >= 0.3 is 17.8 Å². The molecule has 1 aliphatic heterocycles. The molecule has 4 bridgehead atoms. The van der Waals surface area contributed by atoms with Gasteiger partial charge in [0.25, 0.3) is 0 Å². The molecule has 4 aliphatic carbocycles. The summed E-state index contributed by atoms with van der Waals surface area (Å²) in [5.41, 5.74) is -0.372. The molecular formula is C33H31F4O4S+. The Morgan fingerprint density at radius 1 is 0.714 bits per heavy atom. The summed E-state index contributed by atoms with van der Waals surface area (Å²) in [5.74, 6) is -11.2. The van der Waals surface area contributed by atoms with Gasteiger partial charge in [0.05, 0.1) is 16.5 Å². The van der Waals surface area contributed by atoms with Crippen molar-refractivity contribution in [2.75, 3.05) is 13.2 Å². The number of carbonyl (C=O) groups excluding carboxylic acids is 1. The molecule has 220 valence electrons. The van der Waals surface area contributed by atoms with Crippen LogP contribution in [-0.4, -0.2) is 42.4 Å². The Bertz CT molecular complexity index is 1390. The summed E-state index contributed by atoms with van der Waals surface area (Å²) in [6.45, 7) is -2.77. The Balaban J connectivity index is 1.14. The van der Waals surface area contributed by atoms with Crippen molar-refractivity contribution >= 4 is 16.9 Å². The number of benzene rings is 3. The van der Waals surface area contributed by atoms with E-state index >= 15 is 0 Å². The van der Waals surface area contributed by atoms with Crippen molar-refractivity contribution in [2.24, 2.45) is 17.8 Å². The van der Waals surface area contributed by atoms with Crippen molar-refractivity contribution in [3.8, 4) is 0 Å². The molecular weight excluding hydrogens is 568 g/mol. The molecule has 8 rings (SSSR count). The van der Waals surface area contributed by atoms with Crippen LogP contribution in [0.3, 0.4) is 0 Å². The minimum atomic E-state index is -4.31. The fourth-order valence-corrected chi connectivity index (χ4v) is 9.77. The van der Waals surface area contributed by atoms with Gasteiger partial charge in [0.15, 0.2) is 20.5 Å². The average molecular weight is 600 g/mol. The fraction of sp³-hybridized carbons (Fsp3) is 0.424. The van der Waals surface area contributed by atoms with E-state index in [9.17, 15) is 22.4 Å². The van der Waals surface area contributed by atoms with Crippen molar-refractivity contribution in [2.45, 2.75) is 70.0 Å². The minimum Gasteiger partial charge on any atom is -0.455 e. The quantitative estimate of drug-likeness (QED) is 0.173. The van der Waals surface area contributed by atoms with Gasteiger partial charge in [-0.3, -0.25) is 0 Å². The summed E-state index contributed by atoms with van der Waals surface area (Å²) in [5, 5.41) is 0. The molecule has 5 aliphatic rings. The first-order valence-electron chi connectivity index (χ1n) is 14.3. The molecule has 4 nitrogen and oxygen atoms in total. The lowest BCUT2D eigenvalue weighted by molar-refractivity contribution is -0.353. The number of carbonyl (C=O) groups is 1. The summed E-state index contributed by atoms with van der Waals surface area (Å²) >= 11 is 0. The number of esters is 1. The van der Waals surface area contributed by atoms with E-state index in [1.54, 1.807) is 6.07 Å². The third-order valence-corrected chi connectivity index (χ3v) is 11.5. The first kappa shape index (κ1) is 27.9. The van der Waals surface area contributed by atoms with Gasteiger partial charge in [-0.2, -0.15) is 17.6 Å². The van der Waals surface area contributed by atoms with E-state index < -0.39 is 65.1 Å². The number of hydrogen-bond acceptors (Lipinski definition) is 4. The Hall–Kier alpha value is -2.88. The zero-order valence-corrected chi connectivity index (χ0v) is 23.6. The molecule has 1 heterocycles. The number of halogens is 4. The van der Waals surface area contributed by atoms with Gasteiger partial charge in [0.2, 0.25) is 0 Å². The van der Waals surface area contributed by atoms with Crippen molar-refractivity contribution in [3.63, 3.8) is 0 Å². The SMILES string of the molecule is O=C(OC12CC3CC(C1)C1(OCC(F)(F)C(F)(F)CO1)C(C3)C2)c1cccc([S+](c2ccccc2)c2ccccc2)c1. The number of hydrogen-bond donors (Lipinski definition) is 0. The molecule has 3 aromatic carbocycles. The number of rotatable bonds is 5. The van der Waals surface area contributed by atoms with Crippen LogP contribution in [0.5, 0.6) is 0 Å². The molecule has 2 atom stereocenters. The van der Waals surface area contributed by atoms with Crippen LogP contribution in [0.4, 0.5) is 17.6 Å². The van der Waals surface area contributed by atoms with Crippen LogP contribution < -0.4 is 0 Å². The molecule has 0 aromatic heterocycles. The highest BCUT2D eigenvalue weighted by Crippen LogP contribution is 2.64. The van der Waals surface area contributed by atoms with E-state index in [2.05, 4.69) is 24.3 Å². The van der Waals surface area contributed by atoms with Gasteiger partial charge in [-0.05, 0) is 74.4 Å². The monoisotopic (exact) mass is 599 g/mol. The second-order valence-electron chi connectivity index (χ2n) is 12.1. The standard InChI is InChI=1S/C33H31F4O4S/c34-31(35)20-39-33(40-21-32(31,36)37)24-14-22-15-25(33)19-30(17-22,18-24)41-29(38)23-8-7-13-28(16-23)42(26-9-3-1-4-10-26)27-11-5-2-6-12-27/h1-13,16,22,24-25H,14-15,17-21H2/q+1. The Kier molecular flexibility index (Phi) is 6.71. The maximum Gasteiger partial charge on any atom is 0.338 e. The molecule has 9 heteroatoms. The van der Waals surface area contributed by atoms with Crippen LogP contribution in [0, 0.1) is 17.8 Å². The minimum absolute atomic E-state index is 0.186. The molecule has 0 N–H and O–H groups in total. The van der Waals surface area contributed by atoms with Crippen molar-refractivity contribution in [3.05, 3.63) is 90.5 Å². The fourth-order valence-electron chi connectivity index (χ4n) is 7.64. The molecule has 0 radical (unpaired) electrons. The lowest BCUT2D eigenvalue weighted by atomic mass is 9.51. The van der Waals surface area contributed by atoms with E-state index in [0.29, 0.717) is 37.7 Å². The van der Waals surface area contributed by atoms with Gasteiger partial charge in [0.1, 0.15) is 18.8 Å². The van der Waals surface area contributed by atoms with Gasteiger partial charge < -0.3 is 14.2 Å². The van der Waals surface area contributed by atoms with E-state index in [4.69, 9.17) is 14.2 Å². The van der Waals surface area contributed by atoms with E-state index in [-0.39, 0.29) is 5.92 Å². The maximum absolute atomic E-state index is 14.2. The summed E-state index contributed by atoms with van der Waals surface area (Å²) in [7, 11) is -0.439. The summed E-state index contributed by atoms with van der Waals surface area (Å²) in [4.78, 5) is 16.9. The van der Waals surface area contributed by atoms with E-state index in [1.807, 2.05) is 54.6 Å². The Labute approximate surface area is 244 Å². The van der Waals surface area contributed by atoms with Crippen LogP contribution in [0.1, 0.15) is 42.5 Å². The topological polar surface area (TPSA) is 44.8 Å². The van der Waals surface area contributed by atoms with Gasteiger partial charge in [-0.1, -0.05) is 42.5 Å². The molecule has 3 aromatic rings. The van der Waals surface area contributed by atoms with Crippen molar-refractivity contribution < 1.29 is 36.6 Å². The molecule has 42 heavy (non-hydrogen) atoms. The smallest absolute Gasteiger partial charge is 0.338 e. The molecule has 0 amide bonds. The average Bonchev–Trinajstić information content (AvgIpc) is 3.06.